The fourth-order valence-electron chi connectivity index (χ4n) is 2.50. The highest BCUT2D eigenvalue weighted by molar-refractivity contribution is 5.33. The van der Waals surface area contributed by atoms with Gasteiger partial charge in [0.25, 0.3) is 0 Å². The van der Waals surface area contributed by atoms with Gasteiger partial charge >= 0.3 is 0 Å². The van der Waals surface area contributed by atoms with E-state index in [1.54, 1.807) is 12.1 Å². The van der Waals surface area contributed by atoms with Crippen molar-refractivity contribution < 1.29 is 4.39 Å². The maximum absolute atomic E-state index is 13.1. The molecule has 0 aromatic heterocycles. The molecule has 1 aliphatic rings. The van der Waals surface area contributed by atoms with Gasteiger partial charge in [-0.1, -0.05) is 19.9 Å². The maximum atomic E-state index is 13.1. The molecule has 0 spiro atoms. The van der Waals surface area contributed by atoms with Crippen molar-refractivity contribution in [2.24, 2.45) is 5.92 Å². The minimum absolute atomic E-state index is 0.0868. The fraction of sp³-hybridized carbons (Fsp3) is 0.538. The van der Waals surface area contributed by atoms with Gasteiger partial charge in [0, 0.05) is 0 Å². The second kappa shape index (κ2) is 3.72. The van der Waals surface area contributed by atoms with Gasteiger partial charge < -0.3 is 0 Å². The van der Waals surface area contributed by atoms with E-state index in [1.807, 2.05) is 6.07 Å². The van der Waals surface area contributed by atoms with E-state index in [-0.39, 0.29) is 5.82 Å². The van der Waals surface area contributed by atoms with E-state index in [4.69, 9.17) is 0 Å². The second-order valence-corrected chi connectivity index (χ2v) is 4.59. The summed E-state index contributed by atoms with van der Waals surface area (Å²) >= 11 is 0. The Balaban J connectivity index is 2.41. The lowest BCUT2D eigenvalue weighted by atomic mass is 9.77. The van der Waals surface area contributed by atoms with Crippen molar-refractivity contribution in [1.82, 2.24) is 0 Å². The van der Waals surface area contributed by atoms with E-state index >= 15 is 0 Å². The number of hydrogen-bond acceptors (Lipinski definition) is 0. The SMILES string of the molecule is CC(C)C1CCCc2ccc(F)cc21. The van der Waals surface area contributed by atoms with Crippen LogP contribution in [0.1, 0.15) is 43.7 Å². The third-order valence-corrected chi connectivity index (χ3v) is 3.27. The molecule has 1 atom stereocenters. The van der Waals surface area contributed by atoms with Crippen LogP contribution in [0, 0.1) is 11.7 Å². The van der Waals surface area contributed by atoms with Gasteiger partial charge in [0.15, 0.2) is 0 Å². The molecule has 0 radical (unpaired) electrons. The Morgan fingerprint density at radius 1 is 1.36 bits per heavy atom. The molecule has 0 amide bonds. The highest BCUT2D eigenvalue weighted by Crippen LogP contribution is 2.36. The lowest BCUT2D eigenvalue weighted by Crippen LogP contribution is -2.14. The molecule has 0 fully saturated rings. The Labute approximate surface area is 85.1 Å². The molecular formula is C13H17F. The van der Waals surface area contributed by atoms with Crippen LogP contribution < -0.4 is 0 Å². The summed E-state index contributed by atoms with van der Waals surface area (Å²) < 4.78 is 13.1. The monoisotopic (exact) mass is 192 g/mol. The molecular weight excluding hydrogens is 175 g/mol. The lowest BCUT2D eigenvalue weighted by molar-refractivity contribution is 0.431. The van der Waals surface area contributed by atoms with Gasteiger partial charge in [0.2, 0.25) is 0 Å². The first kappa shape index (κ1) is 9.70. The quantitative estimate of drug-likeness (QED) is 0.633. The van der Waals surface area contributed by atoms with E-state index in [2.05, 4.69) is 13.8 Å². The summed E-state index contributed by atoms with van der Waals surface area (Å²) in [6, 6.07) is 5.28. The van der Waals surface area contributed by atoms with E-state index in [0.29, 0.717) is 11.8 Å². The van der Waals surface area contributed by atoms with Crippen LogP contribution in [0.25, 0.3) is 0 Å². The molecule has 1 unspecified atom stereocenters. The summed E-state index contributed by atoms with van der Waals surface area (Å²) in [6.07, 6.45) is 3.59. The molecule has 1 aromatic carbocycles. The smallest absolute Gasteiger partial charge is 0.123 e. The summed E-state index contributed by atoms with van der Waals surface area (Å²) in [5.74, 6) is 1.10. The van der Waals surface area contributed by atoms with Crippen molar-refractivity contribution in [3.63, 3.8) is 0 Å². The zero-order valence-electron chi connectivity index (χ0n) is 8.89. The maximum Gasteiger partial charge on any atom is 0.123 e. The Hall–Kier alpha value is -0.850. The first-order valence-corrected chi connectivity index (χ1v) is 5.47. The third-order valence-electron chi connectivity index (χ3n) is 3.27. The van der Waals surface area contributed by atoms with Gasteiger partial charge in [-0.15, -0.1) is 0 Å². The Bertz CT molecular complexity index is 328. The first-order valence-electron chi connectivity index (χ1n) is 5.47. The van der Waals surface area contributed by atoms with Gasteiger partial charge in [0.05, 0.1) is 0 Å². The predicted molar refractivity (Wildman–Crippen MR) is 56.9 cm³/mol. The number of aryl methyl sites for hydroxylation is 1. The van der Waals surface area contributed by atoms with Gasteiger partial charge in [-0.05, 0) is 54.4 Å². The zero-order chi connectivity index (χ0) is 10.1. The summed E-state index contributed by atoms with van der Waals surface area (Å²) in [5.41, 5.74) is 2.61. The van der Waals surface area contributed by atoms with Crippen LogP contribution in [0.5, 0.6) is 0 Å². The topological polar surface area (TPSA) is 0 Å². The Kier molecular flexibility index (Phi) is 2.58. The minimum Gasteiger partial charge on any atom is -0.207 e. The van der Waals surface area contributed by atoms with Gasteiger partial charge in [-0.25, -0.2) is 4.39 Å². The number of halogens is 1. The normalized spacial score (nSPS) is 21.0. The fourth-order valence-corrected chi connectivity index (χ4v) is 2.50. The molecule has 1 heteroatoms. The third kappa shape index (κ3) is 1.68. The number of rotatable bonds is 1. The van der Waals surface area contributed by atoms with Gasteiger partial charge in [-0.2, -0.15) is 0 Å². The summed E-state index contributed by atoms with van der Waals surface area (Å²) in [7, 11) is 0. The number of fused-ring (bicyclic) bond motifs is 1. The van der Waals surface area contributed by atoms with Gasteiger partial charge in [-0.3, -0.25) is 0 Å². The van der Waals surface area contributed by atoms with Crippen LogP contribution >= 0.6 is 0 Å². The summed E-state index contributed by atoms with van der Waals surface area (Å²) in [4.78, 5) is 0. The molecule has 0 aliphatic heterocycles. The summed E-state index contributed by atoms with van der Waals surface area (Å²) in [6.45, 7) is 4.45. The van der Waals surface area contributed by atoms with Crippen molar-refractivity contribution >= 4 is 0 Å². The van der Waals surface area contributed by atoms with Crippen molar-refractivity contribution in [2.45, 2.75) is 39.0 Å². The van der Waals surface area contributed by atoms with Crippen LogP contribution in [-0.2, 0) is 6.42 Å². The molecule has 0 saturated heterocycles. The Morgan fingerprint density at radius 2 is 2.14 bits per heavy atom. The van der Waals surface area contributed by atoms with Crippen molar-refractivity contribution in [2.75, 3.05) is 0 Å². The van der Waals surface area contributed by atoms with Crippen molar-refractivity contribution in [1.29, 1.82) is 0 Å². The molecule has 0 bridgehead atoms. The number of benzene rings is 1. The summed E-state index contributed by atoms with van der Waals surface area (Å²) in [5, 5.41) is 0. The van der Waals surface area contributed by atoms with Crippen molar-refractivity contribution in [3.8, 4) is 0 Å². The molecule has 2 rings (SSSR count). The van der Waals surface area contributed by atoms with Crippen LogP contribution in [0.4, 0.5) is 4.39 Å². The lowest BCUT2D eigenvalue weighted by Gasteiger charge is -2.28. The first-order chi connectivity index (χ1) is 6.68. The van der Waals surface area contributed by atoms with Crippen molar-refractivity contribution in [3.05, 3.63) is 35.1 Å². The highest BCUT2D eigenvalue weighted by atomic mass is 19.1. The molecule has 1 aromatic rings. The molecule has 0 N–H and O–H groups in total. The molecule has 1 aliphatic carbocycles. The average Bonchev–Trinajstić information content (AvgIpc) is 2.16. The second-order valence-electron chi connectivity index (χ2n) is 4.59. The molecule has 0 saturated carbocycles. The average molecular weight is 192 g/mol. The Morgan fingerprint density at radius 3 is 2.86 bits per heavy atom. The van der Waals surface area contributed by atoms with E-state index in [0.717, 1.165) is 6.42 Å². The van der Waals surface area contributed by atoms with E-state index in [9.17, 15) is 4.39 Å². The number of hydrogen-bond donors (Lipinski definition) is 0. The molecule has 76 valence electrons. The predicted octanol–water partition coefficient (Wildman–Crippen LogP) is 3.90. The molecule has 14 heavy (non-hydrogen) atoms. The van der Waals surface area contributed by atoms with Crippen LogP contribution in [-0.4, -0.2) is 0 Å². The van der Waals surface area contributed by atoms with E-state index < -0.39 is 0 Å². The van der Waals surface area contributed by atoms with E-state index in [1.165, 1.54) is 24.0 Å². The largest absolute Gasteiger partial charge is 0.207 e. The zero-order valence-corrected chi connectivity index (χ0v) is 8.89. The molecule has 0 nitrogen and oxygen atoms in total. The van der Waals surface area contributed by atoms with Crippen LogP contribution in [0.3, 0.4) is 0 Å². The van der Waals surface area contributed by atoms with Crippen LogP contribution in [0.2, 0.25) is 0 Å². The minimum atomic E-state index is -0.0868. The standard InChI is InChI=1S/C13H17F/c1-9(2)12-5-3-4-10-6-7-11(14)8-13(10)12/h6-9,12H,3-5H2,1-2H3. The van der Waals surface area contributed by atoms with Gasteiger partial charge in [0.1, 0.15) is 5.82 Å². The molecule has 0 heterocycles. The highest BCUT2D eigenvalue weighted by Gasteiger charge is 2.22. The van der Waals surface area contributed by atoms with Crippen LogP contribution in [0.15, 0.2) is 18.2 Å².